The summed E-state index contributed by atoms with van der Waals surface area (Å²) in [6.07, 6.45) is 0. The molecule has 0 fully saturated rings. The Balaban J connectivity index is 2.45. The van der Waals surface area contributed by atoms with Crippen molar-refractivity contribution in [3.63, 3.8) is 0 Å². The van der Waals surface area contributed by atoms with Crippen molar-refractivity contribution in [2.45, 2.75) is 13.5 Å². The molecule has 0 atom stereocenters. The molecule has 3 nitrogen and oxygen atoms in total. The van der Waals surface area contributed by atoms with Gasteiger partial charge in [-0.25, -0.2) is 4.39 Å². The van der Waals surface area contributed by atoms with E-state index in [0.717, 1.165) is 29.7 Å². The van der Waals surface area contributed by atoms with Crippen LogP contribution >= 0.6 is 0 Å². The first-order valence-corrected chi connectivity index (χ1v) is 4.99. The van der Waals surface area contributed by atoms with Crippen LogP contribution in [0.5, 0.6) is 0 Å². The minimum atomic E-state index is -0.209. The summed E-state index contributed by atoms with van der Waals surface area (Å²) in [6.45, 7) is 3.63. The van der Waals surface area contributed by atoms with E-state index in [-0.39, 0.29) is 5.82 Å². The molecule has 1 heterocycles. The maximum atomic E-state index is 13.0. The molecule has 80 valence electrons. The van der Waals surface area contributed by atoms with Crippen LogP contribution in [-0.4, -0.2) is 23.4 Å². The smallest absolute Gasteiger partial charge is 0.124 e. The van der Waals surface area contributed by atoms with E-state index < -0.39 is 0 Å². The van der Waals surface area contributed by atoms with E-state index in [0.29, 0.717) is 0 Å². The number of halogens is 1. The van der Waals surface area contributed by atoms with Gasteiger partial charge in [0, 0.05) is 17.6 Å². The molecule has 0 aliphatic carbocycles. The molecule has 4 heteroatoms. The van der Waals surface area contributed by atoms with Gasteiger partial charge in [-0.2, -0.15) is 5.10 Å². The molecular weight excluding hydrogens is 193 g/mol. The van der Waals surface area contributed by atoms with Gasteiger partial charge in [-0.15, -0.1) is 0 Å². The Morgan fingerprint density at radius 2 is 2.27 bits per heavy atom. The number of likely N-dealkylation sites (N-methyl/N-ethyl adjacent to an activating group) is 1. The summed E-state index contributed by atoms with van der Waals surface area (Å²) in [5, 5.41) is 8.36. The minimum absolute atomic E-state index is 0.209. The molecule has 0 aliphatic heterocycles. The Hall–Kier alpha value is -1.42. The Morgan fingerprint density at radius 3 is 3.00 bits per heavy atom. The number of aryl methyl sites for hydroxylation is 1. The third kappa shape index (κ3) is 1.85. The summed E-state index contributed by atoms with van der Waals surface area (Å²) in [5.41, 5.74) is 1.87. The average molecular weight is 207 g/mol. The zero-order valence-corrected chi connectivity index (χ0v) is 8.92. The molecule has 0 unspecified atom stereocenters. The van der Waals surface area contributed by atoms with Gasteiger partial charge in [0.25, 0.3) is 0 Å². The first-order valence-electron chi connectivity index (χ1n) is 4.99. The van der Waals surface area contributed by atoms with Crippen molar-refractivity contribution in [1.82, 2.24) is 15.1 Å². The zero-order chi connectivity index (χ0) is 10.8. The molecular formula is C11H14FN3. The van der Waals surface area contributed by atoms with Crippen molar-refractivity contribution in [2.75, 3.05) is 13.6 Å². The van der Waals surface area contributed by atoms with E-state index in [1.54, 1.807) is 6.07 Å². The third-order valence-corrected chi connectivity index (χ3v) is 2.54. The first kappa shape index (κ1) is 10.1. The zero-order valence-electron chi connectivity index (χ0n) is 8.92. The number of rotatable bonds is 3. The maximum absolute atomic E-state index is 13.0. The molecule has 0 saturated heterocycles. The highest BCUT2D eigenvalue weighted by atomic mass is 19.1. The van der Waals surface area contributed by atoms with Crippen LogP contribution in [0, 0.1) is 12.7 Å². The summed E-state index contributed by atoms with van der Waals surface area (Å²) in [5.74, 6) is -0.209. The van der Waals surface area contributed by atoms with Crippen LogP contribution in [0.15, 0.2) is 18.2 Å². The molecule has 2 rings (SSSR count). The Bertz CT molecular complexity index is 476. The quantitative estimate of drug-likeness (QED) is 0.830. The SMILES string of the molecule is CNCCn1nc2ccc(F)cc2c1C. The topological polar surface area (TPSA) is 29.9 Å². The fraction of sp³-hybridized carbons (Fsp3) is 0.364. The van der Waals surface area contributed by atoms with E-state index in [1.165, 1.54) is 12.1 Å². The van der Waals surface area contributed by atoms with Gasteiger partial charge in [-0.05, 0) is 32.2 Å². The van der Waals surface area contributed by atoms with Crippen molar-refractivity contribution in [1.29, 1.82) is 0 Å². The monoisotopic (exact) mass is 207 g/mol. The number of hydrogen-bond acceptors (Lipinski definition) is 2. The van der Waals surface area contributed by atoms with E-state index in [2.05, 4.69) is 10.4 Å². The Morgan fingerprint density at radius 1 is 1.47 bits per heavy atom. The number of benzene rings is 1. The van der Waals surface area contributed by atoms with E-state index in [1.807, 2.05) is 18.7 Å². The summed E-state index contributed by atoms with van der Waals surface area (Å²) >= 11 is 0. The van der Waals surface area contributed by atoms with E-state index >= 15 is 0 Å². The lowest BCUT2D eigenvalue weighted by molar-refractivity contribution is 0.577. The van der Waals surface area contributed by atoms with E-state index in [9.17, 15) is 4.39 Å². The Kier molecular flexibility index (Phi) is 2.68. The Labute approximate surface area is 87.9 Å². The van der Waals surface area contributed by atoms with Crippen LogP contribution in [0.3, 0.4) is 0 Å². The molecule has 1 N–H and O–H groups in total. The van der Waals surface area contributed by atoms with Crippen molar-refractivity contribution in [3.05, 3.63) is 29.7 Å². The van der Waals surface area contributed by atoms with Gasteiger partial charge in [0.15, 0.2) is 0 Å². The van der Waals surface area contributed by atoms with Gasteiger partial charge >= 0.3 is 0 Å². The molecule has 0 bridgehead atoms. The molecule has 0 amide bonds. The predicted molar refractivity (Wildman–Crippen MR) is 58.4 cm³/mol. The largest absolute Gasteiger partial charge is 0.318 e. The lowest BCUT2D eigenvalue weighted by Gasteiger charge is -2.02. The standard InChI is InChI=1S/C11H14FN3/c1-8-10-7-9(12)3-4-11(10)14-15(8)6-5-13-2/h3-4,7,13H,5-6H2,1-2H3. The lowest BCUT2D eigenvalue weighted by atomic mass is 10.2. The van der Waals surface area contributed by atoms with Crippen molar-refractivity contribution < 1.29 is 4.39 Å². The van der Waals surface area contributed by atoms with Crippen LogP contribution in [0.4, 0.5) is 4.39 Å². The third-order valence-electron chi connectivity index (χ3n) is 2.54. The highest BCUT2D eigenvalue weighted by Crippen LogP contribution is 2.18. The van der Waals surface area contributed by atoms with Gasteiger partial charge in [-0.3, -0.25) is 4.68 Å². The average Bonchev–Trinajstić information content (AvgIpc) is 2.53. The van der Waals surface area contributed by atoms with Crippen LogP contribution < -0.4 is 5.32 Å². The van der Waals surface area contributed by atoms with Crippen molar-refractivity contribution in [2.24, 2.45) is 0 Å². The fourth-order valence-electron chi connectivity index (χ4n) is 1.66. The highest BCUT2D eigenvalue weighted by Gasteiger charge is 2.07. The molecule has 0 spiro atoms. The number of hydrogen-bond donors (Lipinski definition) is 1. The summed E-state index contributed by atoms with van der Waals surface area (Å²) < 4.78 is 14.9. The van der Waals surface area contributed by atoms with Gasteiger partial charge in [0.2, 0.25) is 0 Å². The predicted octanol–water partition coefficient (Wildman–Crippen LogP) is 1.70. The van der Waals surface area contributed by atoms with Crippen molar-refractivity contribution in [3.8, 4) is 0 Å². The van der Waals surface area contributed by atoms with Crippen LogP contribution in [0.25, 0.3) is 10.9 Å². The second kappa shape index (κ2) is 3.98. The highest BCUT2D eigenvalue weighted by molar-refractivity contribution is 5.81. The van der Waals surface area contributed by atoms with Crippen molar-refractivity contribution >= 4 is 10.9 Å². The van der Waals surface area contributed by atoms with Gasteiger partial charge in [-0.1, -0.05) is 0 Å². The molecule has 2 aromatic rings. The van der Waals surface area contributed by atoms with Crippen LogP contribution in [0.2, 0.25) is 0 Å². The summed E-state index contributed by atoms with van der Waals surface area (Å²) in [7, 11) is 1.90. The number of nitrogens with one attached hydrogen (secondary N) is 1. The van der Waals surface area contributed by atoms with E-state index in [4.69, 9.17) is 0 Å². The number of aromatic nitrogens is 2. The molecule has 1 aromatic heterocycles. The van der Waals surface area contributed by atoms with Gasteiger partial charge in [0.1, 0.15) is 5.82 Å². The summed E-state index contributed by atoms with van der Waals surface area (Å²) in [4.78, 5) is 0. The normalized spacial score (nSPS) is 11.1. The van der Waals surface area contributed by atoms with Gasteiger partial charge in [0.05, 0.1) is 12.1 Å². The molecule has 15 heavy (non-hydrogen) atoms. The molecule has 1 aromatic carbocycles. The molecule has 0 radical (unpaired) electrons. The second-order valence-corrected chi connectivity index (χ2v) is 3.57. The number of nitrogens with zero attached hydrogens (tertiary/aromatic N) is 2. The maximum Gasteiger partial charge on any atom is 0.124 e. The fourth-order valence-corrected chi connectivity index (χ4v) is 1.66. The number of fused-ring (bicyclic) bond motifs is 1. The van der Waals surface area contributed by atoms with Crippen LogP contribution in [-0.2, 0) is 6.54 Å². The van der Waals surface area contributed by atoms with Crippen LogP contribution in [0.1, 0.15) is 5.69 Å². The second-order valence-electron chi connectivity index (χ2n) is 3.57. The molecule has 0 aliphatic rings. The summed E-state index contributed by atoms with van der Waals surface area (Å²) in [6, 6.07) is 4.69. The lowest BCUT2D eigenvalue weighted by Crippen LogP contribution is -2.16. The molecule has 0 saturated carbocycles. The minimum Gasteiger partial charge on any atom is -0.318 e. The van der Waals surface area contributed by atoms with Gasteiger partial charge < -0.3 is 5.32 Å². The first-order chi connectivity index (χ1) is 7.22.